The van der Waals surface area contributed by atoms with Gasteiger partial charge in [0.2, 0.25) is 0 Å². The van der Waals surface area contributed by atoms with Crippen LogP contribution in [0.5, 0.6) is 0 Å². The number of carbonyl (C=O) groups excluding carboxylic acids is 1. The maximum Gasteiger partial charge on any atom is 0.407 e. The van der Waals surface area contributed by atoms with E-state index in [2.05, 4.69) is 5.32 Å². The van der Waals surface area contributed by atoms with Gasteiger partial charge in [0.05, 0.1) is 0 Å². The number of hydrogen-bond acceptors (Lipinski definition) is 4. The van der Waals surface area contributed by atoms with Crippen molar-refractivity contribution in [1.29, 1.82) is 0 Å². The number of furan rings is 1. The van der Waals surface area contributed by atoms with Gasteiger partial charge < -0.3 is 20.2 Å². The van der Waals surface area contributed by atoms with E-state index in [0.717, 1.165) is 16.5 Å². The first kappa shape index (κ1) is 16.6. The van der Waals surface area contributed by atoms with Crippen molar-refractivity contribution in [1.82, 2.24) is 5.32 Å². The van der Waals surface area contributed by atoms with Crippen LogP contribution in [0.3, 0.4) is 0 Å². The Morgan fingerprint density at radius 3 is 2.77 bits per heavy atom. The molecule has 5 nitrogen and oxygen atoms in total. The molecule has 0 aliphatic carbocycles. The predicted molar refractivity (Wildman–Crippen MR) is 87.1 cm³/mol. The number of halogens is 1. The van der Waals surface area contributed by atoms with Crippen LogP contribution in [0.4, 0.5) is 4.79 Å². The van der Waals surface area contributed by atoms with Crippen LogP contribution in [-0.2, 0) is 11.2 Å². The molecular weight excluding hydrogens is 304 g/mol. The Bertz CT molecular complexity index is 661. The molecule has 0 aliphatic rings. The molecule has 1 aromatic carbocycles. The van der Waals surface area contributed by atoms with Gasteiger partial charge in [0, 0.05) is 23.5 Å². The van der Waals surface area contributed by atoms with Crippen molar-refractivity contribution in [3.63, 3.8) is 0 Å². The Kier molecular flexibility index (Phi) is 4.98. The minimum atomic E-state index is -0.530. The van der Waals surface area contributed by atoms with Crippen molar-refractivity contribution in [2.75, 3.05) is 6.54 Å². The highest BCUT2D eigenvalue weighted by molar-refractivity contribution is 6.30. The molecule has 1 aromatic heterocycles. The summed E-state index contributed by atoms with van der Waals surface area (Å²) in [4.78, 5) is 11.6. The molecule has 0 fully saturated rings. The molecule has 2 rings (SSSR count). The van der Waals surface area contributed by atoms with Crippen LogP contribution in [0, 0.1) is 0 Å². The molecule has 6 heteroatoms. The van der Waals surface area contributed by atoms with E-state index in [0.29, 0.717) is 18.2 Å². The van der Waals surface area contributed by atoms with Crippen molar-refractivity contribution >= 4 is 28.7 Å². The second-order valence-electron chi connectivity index (χ2n) is 6.20. The van der Waals surface area contributed by atoms with E-state index in [-0.39, 0.29) is 6.04 Å². The fourth-order valence-electron chi connectivity index (χ4n) is 2.12. The molecule has 0 radical (unpaired) electrons. The molecule has 1 unspecified atom stereocenters. The molecule has 3 N–H and O–H groups in total. The van der Waals surface area contributed by atoms with Gasteiger partial charge in [-0.3, -0.25) is 0 Å². The molecule has 0 saturated carbocycles. The Morgan fingerprint density at radius 1 is 1.41 bits per heavy atom. The number of nitrogens with one attached hydrogen (secondary N) is 1. The number of alkyl carbamates (subject to hydrolysis) is 1. The summed E-state index contributed by atoms with van der Waals surface area (Å²) in [6.45, 7) is 5.72. The molecule has 0 aliphatic heterocycles. The third kappa shape index (κ3) is 4.39. The molecule has 1 heterocycles. The third-order valence-corrected chi connectivity index (χ3v) is 3.33. The number of hydrogen-bond donors (Lipinski definition) is 2. The van der Waals surface area contributed by atoms with E-state index < -0.39 is 11.7 Å². The summed E-state index contributed by atoms with van der Waals surface area (Å²) >= 11 is 6.13. The summed E-state index contributed by atoms with van der Waals surface area (Å²) in [6, 6.07) is 7.31. The lowest BCUT2D eigenvalue weighted by Gasteiger charge is -2.20. The van der Waals surface area contributed by atoms with E-state index in [1.807, 2.05) is 45.0 Å². The Labute approximate surface area is 134 Å². The van der Waals surface area contributed by atoms with E-state index in [4.69, 9.17) is 26.5 Å². The molecule has 0 bridgehead atoms. The van der Waals surface area contributed by atoms with Crippen LogP contribution >= 0.6 is 11.6 Å². The molecule has 2 aromatic rings. The minimum Gasteiger partial charge on any atom is -0.444 e. The Morgan fingerprint density at radius 2 is 2.09 bits per heavy atom. The van der Waals surface area contributed by atoms with Crippen LogP contribution < -0.4 is 11.1 Å². The summed E-state index contributed by atoms with van der Waals surface area (Å²) in [7, 11) is 0. The van der Waals surface area contributed by atoms with Gasteiger partial charge in [0.15, 0.2) is 5.22 Å². The quantitative estimate of drug-likeness (QED) is 0.902. The lowest BCUT2D eigenvalue weighted by molar-refractivity contribution is 0.0524. The normalized spacial score (nSPS) is 13.1. The highest BCUT2D eigenvalue weighted by atomic mass is 35.5. The Hall–Kier alpha value is -1.72. The molecule has 1 atom stereocenters. The average molecular weight is 325 g/mol. The zero-order valence-corrected chi connectivity index (χ0v) is 13.7. The van der Waals surface area contributed by atoms with Gasteiger partial charge in [-0.1, -0.05) is 18.2 Å². The Balaban J connectivity index is 1.95. The predicted octanol–water partition coefficient (Wildman–Crippen LogP) is 3.48. The highest BCUT2D eigenvalue weighted by Gasteiger charge is 2.18. The van der Waals surface area contributed by atoms with Crippen molar-refractivity contribution in [2.24, 2.45) is 5.73 Å². The molecule has 120 valence electrons. The fraction of sp³-hybridized carbons (Fsp3) is 0.438. The summed E-state index contributed by atoms with van der Waals surface area (Å²) in [5, 5.41) is 3.95. The van der Waals surface area contributed by atoms with Gasteiger partial charge >= 0.3 is 6.09 Å². The van der Waals surface area contributed by atoms with E-state index >= 15 is 0 Å². The average Bonchev–Trinajstić information content (AvgIpc) is 2.71. The van der Waals surface area contributed by atoms with Crippen LogP contribution in [0.1, 0.15) is 26.3 Å². The summed E-state index contributed by atoms with van der Waals surface area (Å²) in [5.74, 6) is 0. The number of fused-ring (bicyclic) bond motifs is 1. The van der Waals surface area contributed by atoms with Crippen LogP contribution in [0.15, 0.2) is 28.7 Å². The summed E-state index contributed by atoms with van der Waals surface area (Å²) in [5.41, 5.74) is 7.13. The first-order valence-electron chi connectivity index (χ1n) is 7.14. The van der Waals surface area contributed by atoms with Gasteiger partial charge in [-0.15, -0.1) is 0 Å². The molecule has 0 spiro atoms. The number of amides is 1. The van der Waals surface area contributed by atoms with Gasteiger partial charge in [-0.25, -0.2) is 4.79 Å². The van der Waals surface area contributed by atoms with Crippen molar-refractivity contribution in [3.8, 4) is 0 Å². The SMILES string of the molecule is CC(C)(C)OC(=O)NCC(N)Cc1c(Cl)oc2ccccc12. The van der Waals surface area contributed by atoms with Gasteiger partial charge in [0.1, 0.15) is 11.2 Å². The van der Waals surface area contributed by atoms with Crippen LogP contribution in [-0.4, -0.2) is 24.3 Å². The lowest BCUT2D eigenvalue weighted by atomic mass is 10.1. The fourth-order valence-corrected chi connectivity index (χ4v) is 2.38. The first-order valence-corrected chi connectivity index (χ1v) is 7.52. The van der Waals surface area contributed by atoms with Crippen LogP contribution in [0.25, 0.3) is 11.0 Å². The smallest absolute Gasteiger partial charge is 0.407 e. The second kappa shape index (κ2) is 6.58. The first-order chi connectivity index (χ1) is 10.3. The third-order valence-electron chi connectivity index (χ3n) is 3.02. The zero-order valence-electron chi connectivity index (χ0n) is 13.0. The number of carbonyl (C=O) groups is 1. The van der Waals surface area contributed by atoms with E-state index in [9.17, 15) is 4.79 Å². The monoisotopic (exact) mass is 324 g/mol. The minimum absolute atomic E-state index is 0.286. The maximum absolute atomic E-state index is 11.6. The zero-order chi connectivity index (χ0) is 16.3. The molecular formula is C16H21ClN2O3. The number of benzene rings is 1. The van der Waals surface area contributed by atoms with Gasteiger partial charge in [0.25, 0.3) is 0 Å². The van der Waals surface area contributed by atoms with Crippen molar-refractivity contribution < 1.29 is 13.9 Å². The summed E-state index contributed by atoms with van der Waals surface area (Å²) < 4.78 is 10.7. The molecule has 22 heavy (non-hydrogen) atoms. The van der Waals surface area contributed by atoms with Crippen LogP contribution in [0.2, 0.25) is 5.22 Å². The highest BCUT2D eigenvalue weighted by Crippen LogP contribution is 2.30. The van der Waals surface area contributed by atoms with Gasteiger partial charge in [-0.05, 0) is 44.9 Å². The van der Waals surface area contributed by atoms with Crippen molar-refractivity contribution in [3.05, 3.63) is 35.0 Å². The molecule has 0 saturated heterocycles. The lowest BCUT2D eigenvalue weighted by Crippen LogP contribution is -2.41. The second-order valence-corrected chi connectivity index (χ2v) is 6.54. The number of para-hydroxylation sites is 1. The number of rotatable bonds is 4. The topological polar surface area (TPSA) is 77.5 Å². The maximum atomic E-state index is 11.6. The largest absolute Gasteiger partial charge is 0.444 e. The standard InChI is InChI=1S/C16H21ClN2O3/c1-16(2,3)22-15(20)19-9-10(18)8-12-11-6-4-5-7-13(11)21-14(12)17/h4-7,10H,8-9,18H2,1-3H3,(H,19,20). The van der Waals surface area contributed by atoms with E-state index in [1.165, 1.54) is 0 Å². The number of nitrogens with two attached hydrogens (primary N) is 1. The van der Waals surface area contributed by atoms with E-state index in [1.54, 1.807) is 0 Å². The van der Waals surface area contributed by atoms with Gasteiger partial charge in [-0.2, -0.15) is 0 Å². The number of ether oxygens (including phenoxy) is 1. The summed E-state index contributed by atoms with van der Waals surface area (Å²) in [6.07, 6.45) is 0.0251. The molecule has 1 amide bonds. The van der Waals surface area contributed by atoms with Crippen molar-refractivity contribution in [2.45, 2.75) is 38.8 Å².